The van der Waals surface area contributed by atoms with Gasteiger partial charge in [-0.2, -0.15) is 0 Å². The first-order chi connectivity index (χ1) is 9.24. The zero-order valence-corrected chi connectivity index (χ0v) is 11.0. The highest BCUT2D eigenvalue weighted by atomic mass is 16.5. The smallest absolute Gasteiger partial charge is 0.261 e. The van der Waals surface area contributed by atoms with Crippen LogP contribution in [-0.4, -0.2) is 30.8 Å². The second-order valence-electron chi connectivity index (χ2n) is 4.53. The van der Waals surface area contributed by atoms with Gasteiger partial charge in [-0.25, -0.2) is 0 Å². The Bertz CT molecular complexity index is 447. The molecular formula is C14H19NO4. The average molecular weight is 265 g/mol. The lowest BCUT2D eigenvalue weighted by atomic mass is 10.1. The molecule has 1 aromatic carbocycles. The van der Waals surface area contributed by atoms with Crippen LogP contribution in [0.5, 0.6) is 11.5 Å². The van der Waals surface area contributed by atoms with Crippen molar-refractivity contribution < 1.29 is 19.4 Å². The molecule has 1 saturated heterocycles. The summed E-state index contributed by atoms with van der Waals surface area (Å²) in [5.74, 6) is 1.05. The Morgan fingerprint density at radius 1 is 1.42 bits per heavy atom. The van der Waals surface area contributed by atoms with Crippen LogP contribution in [0, 0.1) is 0 Å². The van der Waals surface area contributed by atoms with Crippen LogP contribution < -0.4 is 14.8 Å². The van der Waals surface area contributed by atoms with Crippen molar-refractivity contribution in [2.75, 3.05) is 13.7 Å². The van der Waals surface area contributed by atoms with Crippen molar-refractivity contribution in [2.24, 2.45) is 0 Å². The number of hydrogen-bond acceptors (Lipinski definition) is 4. The molecule has 2 rings (SSSR count). The van der Waals surface area contributed by atoms with Crippen molar-refractivity contribution in [3.63, 3.8) is 0 Å². The molecule has 0 spiro atoms. The Hall–Kier alpha value is -1.75. The lowest BCUT2D eigenvalue weighted by Gasteiger charge is -2.18. The van der Waals surface area contributed by atoms with Crippen LogP contribution in [0.25, 0.3) is 0 Å². The van der Waals surface area contributed by atoms with Gasteiger partial charge in [-0.15, -0.1) is 0 Å². The number of amides is 1. The van der Waals surface area contributed by atoms with Gasteiger partial charge >= 0.3 is 0 Å². The van der Waals surface area contributed by atoms with E-state index in [0.717, 1.165) is 12.8 Å². The molecule has 5 nitrogen and oxygen atoms in total. The SMILES string of the molecule is COc1ccc(CO)c(OC2CCCCNC2=O)c1. The zero-order valence-electron chi connectivity index (χ0n) is 11.0. The molecule has 0 aliphatic carbocycles. The van der Waals surface area contributed by atoms with Crippen LogP contribution >= 0.6 is 0 Å². The maximum absolute atomic E-state index is 11.8. The molecule has 5 heteroatoms. The number of nitrogens with one attached hydrogen (secondary N) is 1. The topological polar surface area (TPSA) is 67.8 Å². The Kier molecular flexibility index (Phi) is 4.63. The standard InChI is InChI=1S/C14H19NO4/c1-18-11-6-5-10(9-16)13(8-11)19-12-4-2-3-7-15-14(12)17/h5-6,8,12,16H,2-4,7,9H2,1H3,(H,15,17). The lowest BCUT2D eigenvalue weighted by molar-refractivity contribution is -0.127. The Morgan fingerprint density at radius 2 is 2.26 bits per heavy atom. The van der Waals surface area contributed by atoms with Gasteiger partial charge in [0, 0.05) is 18.2 Å². The number of rotatable bonds is 4. The van der Waals surface area contributed by atoms with Gasteiger partial charge in [0.15, 0.2) is 6.10 Å². The van der Waals surface area contributed by atoms with Gasteiger partial charge < -0.3 is 19.9 Å². The molecule has 1 fully saturated rings. The third-order valence-electron chi connectivity index (χ3n) is 3.20. The van der Waals surface area contributed by atoms with Crippen molar-refractivity contribution in [1.29, 1.82) is 0 Å². The number of benzene rings is 1. The van der Waals surface area contributed by atoms with Gasteiger partial charge in [-0.3, -0.25) is 4.79 Å². The van der Waals surface area contributed by atoms with Crippen molar-refractivity contribution in [3.8, 4) is 11.5 Å². The monoisotopic (exact) mass is 265 g/mol. The molecule has 1 aromatic rings. The third-order valence-corrected chi connectivity index (χ3v) is 3.20. The molecule has 0 bridgehead atoms. The van der Waals surface area contributed by atoms with E-state index in [4.69, 9.17) is 9.47 Å². The summed E-state index contributed by atoms with van der Waals surface area (Å²) in [6.45, 7) is 0.567. The number of carbonyl (C=O) groups is 1. The molecule has 2 N–H and O–H groups in total. The summed E-state index contributed by atoms with van der Waals surface area (Å²) >= 11 is 0. The summed E-state index contributed by atoms with van der Waals surface area (Å²) in [4.78, 5) is 11.8. The molecule has 1 heterocycles. The number of methoxy groups -OCH3 is 1. The van der Waals surface area contributed by atoms with E-state index in [1.54, 1.807) is 25.3 Å². The summed E-state index contributed by atoms with van der Waals surface area (Å²) < 4.78 is 10.9. The maximum atomic E-state index is 11.8. The molecule has 1 atom stereocenters. The van der Waals surface area contributed by atoms with Gasteiger partial charge in [0.1, 0.15) is 11.5 Å². The third kappa shape index (κ3) is 3.38. The van der Waals surface area contributed by atoms with Crippen molar-refractivity contribution in [1.82, 2.24) is 5.32 Å². The van der Waals surface area contributed by atoms with E-state index in [9.17, 15) is 9.90 Å². The molecule has 1 amide bonds. The first-order valence-electron chi connectivity index (χ1n) is 6.46. The molecule has 1 unspecified atom stereocenters. The number of hydrogen-bond donors (Lipinski definition) is 2. The van der Waals surface area contributed by atoms with E-state index in [1.807, 2.05) is 0 Å². The van der Waals surface area contributed by atoms with Crippen LogP contribution in [0.4, 0.5) is 0 Å². The van der Waals surface area contributed by atoms with Crippen molar-refractivity contribution in [2.45, 2.75) is 32.0 Å². The minimum absolute atomic E-state index is 0.0933. The minimum Gasteiger partial charge on any atom is -0.497 e. The lowest BCUT2D eigenvalue weighted by Crippen LogP contribution is -2.36. The fraction of sp³-hybridized carbons (Fsp3) is 0.500. The number of aliphatic hydroxyl groups is 1. The first-order valence-corrected chi connectivity index (χ1v) is 6.46. The number of carbonyl (C=O) groups excluding carboxylic acids is 1. The predicted molar refractivity (Wildman–Crippen MR) is 70.2 cm³/mol. The fourth-order valence-electron chi connectivity index (χ4n) is 2.08. The molecule has 1 aliphatic heterocycles. The van der Waals surface area contributed by atoms with Gasteiger partial charge in [-0.05, 0) is 31.4 Å². The van der Waals surface area contributed by atoms with Gasteiger partial charge in [0.05, 0.1) is 13.7 Å². The fourth-order valence-corrected chi connectivity index (χ4v) is 2.08. The Balaban J connectivity index is 2.18. The maximum Gasteiger partial charge on any atom is 0.261 e. The number of ether oxygens (including phenoxy) is 2. The second kappa shape index (κ2) is 6.43. The largest absolute Gasteiger partial charge is 0.497 e. The molecule has 104 valence electrons. The molecule has 1 aliphatic rings. The summed E-state index contributed by atoms with van der Waals surface area (Å²) in [5.41, 5.74) is 0.651. The van der Waals surface area contributed by atoms with E-state index in [-0.39, 0.29) is 12.5 Å². The van der Waals surface area contributed by atoms with Gasteiger partial charge in [0.2, 0.25) is 0 Å². The summed E-state index contributed by atoms with van der Waals surface area (Å²) in [5, 5.41) is 12.1. The Morgan fingerprint density at radius 3 is 3.00 bits per heavy atom. The highest BCUT2D eigenvalue weighted by Crippen LogP contribution is 2.27. The van der Waals surface area contributed by atoms with Crippen molar-refractivity contribution >= 4 is 5.91 Å². The highest BCUT2D eigenvalue weighted by molar-refractivity contribution is 5.81. The highest BCUT2D eigenvalue weighted by Gasteiger charge is 2.23. The van der Waals surface area contributed by atoms with E-state index in [1.165, 1.54) is 0 Å². The van der Waals surface area contributed by atoms with Crippen LogP contribution in [0.3, 0.4) is 0 Å². The van der Waals surface area contributed by atoms with Crippen LogP contribution in [0.2, 0.25) is 0 Å². The van der Waals surface area contributed by atoms with Gasteiger partial charge in [0.25, 0.3) is 5.91 Å². The molecule has 0 saturated carbocycles. The van der Waals surface area contributed by atoms with E-state index in [0.29, 0.717) is 30.0 Å². The number of aliphatic hydroxyl groups excluding tert-OH is 1. The predicted octanol–water partition coefficient (Wildman–Crippen LogP) is 1.23. The molecular weight excluding hydrogens is 246 g/mol. The minimum atomic E-state index is -0.500. The average Bonchev–Trinajstić information content (AvgIpc) is 2.64. The molecule has 0 aromatic heterocycles. The van der Waals surface area contributed by atoms with Crippen LogP contribution in [0.15, 0.2) is 18.2 Å². The summed E-state index contributed by atoms with van der Waals surface area (Å²) in [7, 11) is 1.57. The quantitative estimate of drug-likeness (QED) is 0.859. The summed E-state index contributed by atoms with van der Waals surface area (Å²) in [6, 6.07) is 5.19. The Labute approximate surface area is 112 Å². The summed E-state index contributed by atoms with van der Waals surface area (Å²) in [6.07, 6.45) is 2.10. The second-order valence-corrected chi connectivity index (χ2v) is 4.53. The molecule has 0 radical (unpaired) electrons. The van der Waals surface area contributed by atoms with E-state index in [2.05, 4.69) is 5.32 Å². The molecule has 19 heavy (non-hydrogen) atoms. The zero-order chi connectivity index (χ0) is 13.7. The van der Waals surface area contributed by atoms with Crippen molar-refractivity contribution in [3.05, 3.63) is 23.8 Å². The van der Waals surface area contributed by atoms with Crippen LogP contribution in [0.1, 0.15) is 24.8 Å². The van der Waals surface area contributed by atoms with E-state index >= 15 is 0 Å². The van der Waals surface area contributed by atoms with E-state index < -0.39 is 6.10 Å². The van der Waals surface area contributed by atoms with Gasteiger partial charge in [-0.1, -0.05) is 0 Å². The van der Waals surface area contributed by atoms with Crippen LogP contribution in [-0.2, 0) is 11.4 Å². The normalized spacial score (nSPS) is 19.5. The first kappa shape index (κ1) is 13.7.